The van der Waals surface area contributed by atoms with Gasteiger partial charge in [0.05, 0.1) is 0 Å². The summed E-state index contributed by atoms with van der Waals surface area (Å²) in [4.78, 5) is 6.39. The molecular formula is C12H17N5S. The van der Waals surface area contributed by atoms with E-state index < -0.39 is 0 Å². The van der Waals surface area contributed by atoms with Crippen molar-refractivity contribution in [3.05, 3.63) is 29.6 Å². The predicted molar refractivity (Wildman–Crippen MR) is 76.2 cm³/mol. The molecule has 1 fully saturated rings. The molecule has 1 aliphatic rings. The monoisotopic (exact) mass is 263 g/mol. The summed E-state index contributed by atoms with van der Waals surface area (Å²) in [5.41, 5.74) is 10.2. The van der Waals surface area contributed by atoms with Crippen molar-refractivity contribution < 1.29 is 0 Å². The molecule has 6 heteroatoms. The maximum Gasteiger partial charge on any atom is 0.189 e. The van der Waals surface area contributed by atoms with E-state index in [0.717, 1.165) is 18.8 Å². The number of aromatic nitrogens is 1. The predicted octanol–water partition coefficient (Wildman–Crippen LogP) is 0.981. The lowest BCUT2D eigenvalue weighted by Crippen LogP contribution is -2.36. The van der Waals surface area contributed by atoms with Crippen molar-refractivity contribution in [3.63, 3.8) is 0 Å². The topological polar surface area (TPSA) is 66.5 Å². The molecule has 0 atom stereocenters. The van der Waals surface area contributed by atoms with Gasteiger partial charge < -0.3 is 10.6 Å². The van der Waals surface area contributed by atoms with E-state index in [1.165, 1.54) is 12.8 Å². The maximum absolute atomic E-state index is 5.86. The van der Waals surface area contributed by atoms with Crippen molar-refractivity contribution in [2.75, 3.05) is 13.1 Å². The molecule has 0 spiro atoms. The van der Waals surface area contributed by atoms with Crippen molar-refractivity contribution in [2.45, 2.75) is 19.8 Å². The molecule has 2 heterocycles. The van der Waals surface area contributed by atoms with Crippen LogP contribution in [-0.2, 0) is 0 Å². The van der Waals surface area contributed by atoms with Crippen molar-refractivity contribution >= 4 is 23.2 Å². The molecule has 0 unspecified atom stereocenters. The van der Waals surface area contributed by atoms with Crippen LogP contribution in [0.3, 0.4) is 0 Å². The smallest absolute Gasteiger partial charge is 0.189 e. The van der Waals surface area contributed by atoms with Crippen LogP contribution in [0.4, 0.5) is 0 Å². The van der Waals surface area contributed by atoms with Gasteiger partial charge in [0.15, 0.2) is 10.9 Å². The highest BCUT2D eigenvalue weighted by atomic mass is 32.1. The number of nitrogens with two attached hydrogens (primary N) is 1. The molecule has 1 saturated heterocycles. The average molecular weight is 263 g/mol. The van der Waals surface area contributed by atoms with E-state index in [2.05, 4.69) is 20.4 Å². The van der Waals surface area contributed by atoms with E-state index >= 15 is 0 Å². The summed E-state index contributed by atoms with van der Waals surface area (Å²) in [5, 5.41) is 4.71. The number of nitrogens with zero attached hydrogens (tertiary/aromatic N) is 3. The number of nitrogens with one attached hydrogen (secondary N) is 1. The van der Waals surface area contributed by atoms with E-state index in [1.807, 2.05) is 25.1 Å². The Morgan fingerprint density at radius 3 is 2.83 bits per heavy atom. The highest BCUT2D eigenvalue weighted by Crippen LogP contribution is 2.07. The summed E-state index contributed by atoms with van der Waals surface area (Å²) in [6, 6.07) is 5.64. The molecule has 5 nitrogen and oxygen atoms in total. The SMILES string of the molecule is Cc1cccc(/C(N)=N/NC(=S)N2CCCC2)n1. The third-order valence-corrected chi connectivity index (χ3v) is 3.17. The molecule has 0 saturated carbocycles. The Balaban J connectivity index is 1.98. The highest BCUT2D eigenvalue weighted by Gasteiger charge is 2.14. The van der Waals surface area contributed by atoms with E-state index in [0.29, 0.717) is 16.6 Å². The van der Waals surface area contributed by atoms with Crippen LogP contribution in [0.1, 0.15) is 24.2 Å². The standard InChI is InChI=1S/C12H17N5S/c1-9-5-4-6-10(14-9)11(13)15-16-12(18)17-7-2-3-8-17/h4-6H,2-3,7-8H2,1H3,(H2,13,15)(H,16,18). The summed E-state index contributed by atoms with van der Waals surface area (Å²) in [6.07, 6.45) is 2.36. The number of thiocarbonyl (C=S) groups is 1. The summed E-state index contributed by atoms with van der Waals surface area (Å²) >= 11 is 5.24. The number of hydrogen-bond donors (Lipinski definition) is 2. The number of amidine groups is 1. The quantitative estimate of drug-likeness (QED) is 0.360. The van der Waals surface area contributed by atoms with Crippen LogP contribution in [-0.4, -0.2) is 33.9 Å². The zero-order valence-corrected chi connectivity index (χ0v) is 11.2. The molecule has 0 radical (unpaired) electrons. The number of hydrazone groups is 1. The zero-order chi connectivity index (χ0) is 13.0. The van der Waals surface area contributed by atoms with Gasteiger partial charge in [-0.1, -0.05) is 6.07 Å². The fourth-order valence-electron chi connectivity index (χ4n) is 1.84. The van der Waals surface area contributed by atoms with Gasteiger partial charge in [-0.2, -0.15) is 5.10 Å². The van der Waals surface area contributed by atoms with Gasteiger partial charge in [0.2, 0.25) is 0 Å². The third kappa shape index (κ3) is 3.16. The molecular weight excluding hydrogens is 246 g/mol. The van der Waals surface area contributed by atoms with Crippen LogP contribution < -0.4 is 11.2 Å². The normalized spacial score (nSPS) is 15.8. The van der Waals surface area contributed by atoms with Gasteiger partial charge in [-0.25, -0.2) is 4.98 Å². The minimum absolute atomic E-state index is 0.347. The van der Waals surface area contributed by atoms with E-state index in [4.69, 9.17) is 18.0 Å². The van der Waals surface area contributed by atoms with E-state index in [-0.39, 0.29) is 0 Å². The lowest BCUT2D eigenvalue weighted by Gasteiger charge is -2.17. The van der Waals surface area contributed by atoms with Gasteiger partial charge in [0.1, 0.15) is 5.69 Å². The Morgan fingerprint density at radius 2 is 2.17 bits per heavy atom. The largest absolute Gasteiger partial charge is 0.380 e. The highest BCUT2D eigenvalue weighted by molar-refractivity contribution is 7.80. The molecule has 0 aromatic carbocycles. The Hall–Kier alpha value is -1.69. The summed E-state index contributed by atoms with van der Waals surface area (Å²) in [7, 11) is 0. The lowest BCUT2D eigenvalue weighted by atomic mass is 10.3. The fourth-order valence-corrected chi connectivity index (χ4v) is 2.07. The number of pyridine rings is 1. The van der Waals surface area contributed by atoms with Crippen LogP contribution in [0, 0.1) is 6.92 Å². The van der Waals surface area contributed by atoms with Crippen LogP contribution in [0.25, 0.3) is 0 Å². The first-order valence-corrected chi connectivity index (χ1v) is 6.40. The molecule has 18 heavy (non-hydrogen) atoms. The molecule has 3 N–H and O–H groups in total. The van der Waals surface area contributed by atoms with Gasteiger partial charge in [0, 0.05) is 18.8 Å². The Bertz CT molecular complexity index is 465. The van der Waals surface area contributed by atoms with Gasteiger partial charge in [-0.3, -0.25) is 5.43 Å². The molecule has 1 aromatic heterocycles. The summed E-state index contributed by atoms with van der Waals surface area (Å²) in [6.45, 7) is 3.90. The molecule has 96 valence electrons. The maximum atomic E-state index is 5.86. The second-order valence-electron chi connectivity index (χ2n) is 4.27. The fraction of sp³-hybridized carbons (Fsp3) is 0.417. The Kier molecular flexibility index (Phi) is 4.09. The minimum atomic E-state index is 0.347. The molecule has 1 aliphatic heterocycles. The van der Waals surface area contributed by atoms with Crippen LogP contribution in [0.2, 0.25) is 0 Å². The molecule has 0 amide bonds. The van der Waals surface area contributed by atoms with E-state index in [1.54, 1.807) is 0 Å². The second-order valence-corrected chi connectivity index (χ2v) is 4.66. The summed E-state index contributed by atoms with van der Waals surface area (Å²) in [5.74, 6) is 0.347. The number of likely N-dealkylation sites (tertiary alicyclic amines) is 1. The van der Waals surface area contributed by atoms with Gasteiger partial charge in [-0.05, 0) is 44.1 Å². The van der Waals surface area contributed by atoms with Gasteiger partial charge in [-0.15, -0.1) is 0 Å². The molecule has 1 aromatic rings. The number of rotatable bonds is 2. The summed E-state index contributed by atoms with van der Waals surface area (Å²) < 4.78 is 0. The molecule has 2 rings (SSSR count). The third-order valence-electron chi connectivity index (χ3n) is 2.82. The minimum Gasteiger partial charge on any atom is -0.380 e. The number of hydrogen-bond acceptors (Lipinski definition) is 3. The average Bonchev–Trinajstić information content (AvgIpc) is 2.89. The van der Waals surface area contributed by atoms with Crippen molar-refractivity contribution in [1.29, 1.82) is 0 Å². The Morgan fingerprint density at radius 1 is 1.44 bits per heavy atom. The molecule has 0 aliphatic carbocycles. The van der Waals surface area contributed by atoms with Crippen LogP contribution >= 0.6 is 12.2 Å². The van der Waals surface area contributed by atoms with Crippen molar-refractivity contribution in [1.82, 2.24) is 15.3 Å². The van der Waals surface area contributed by atoms with Crippen molar-refractivity contribution in [3.8, 4) is 0 Å². The zero-order valence-electron chi connectivity index (χ0n) is 10.4. The second kappa shape index (κ2) is 5.77. The van der Waals surface area contributed by atoms with Crippen LogP contribution in [0.5, 0.6) is 0 Å². The van der Waals surface area contributed by atoms with Gasteiger partial charge in [0.25, 0.3) is 0 Å². The lowest BCUT2D eigenvalue weighted by molar-refractivity contribution is 0.509. The van der Waals surface area contributed by atoms with Gasteiger partial charge >= 0.3 is 0 Å². The van der Waals surface area contributed by atoms with Crippen molar-refractivity contribution in [2.24, 2.45) is 10.8 Å². The first-order chi connectivity index (χ1) is 8.66. The Labute approximate surface area is 112 Å². The van der Waals surface area contributed by atoms with Crippen LogP contribution in [0.15, 0.2) is 23.3 Å². The first kappa shape index (κ1) is 12.8. The van der Waals surface area contributed by atoms with E-state index in [9.17, 15) is 0 Å². The first-order valence-electron chi connectivity index (χ1n) is 5.99. The number of aryl methyl sites for hydroxylation is 1. The molecule has 0 bridgehead atoms.